The summed E-state index contributed by atoms with van der Waals surface area (Å²) in [5.41, 5.74) is 18.6. The number of aromatic nitrogens is 2. The predicted molar refractivity (Wildman–Crippen MR) is 129 cm³/mol. The van der Waals surface area contributed by atoms with Crippen molar-refractivity contribution in [3.05, 3.63) is 90.0 Å². The van der Waals surface area contributed by atoms with E-state index in [9.17, 15) is 14.4 Å². The Morgan fingerprint density at radius 3 is 1.37 bits per heavy atom. The maximum atomic E-state index is 10.4. The third kappa shape index (κ3) is 12.7. The molecule has 2 aromatic carbocycles. The Morgan fingerprint density at radius 1 is 0.686 bits per heavy atom. The van der Waals surface area contributed by atoms with Gasteiger partial charge in [-0.1, -0.05) is 60.7 Å². The molecule has 0 fully saturated rings. The van der Waals surface area contributed by atoms with Gasteiger partial charge < -0.3 is 37.5 Å². The van der Waals surface area contributed by atoms with Crippen LogP contribution in [0.15, 0.2) is 73.2 Å². The maximum absolute atomic E-state index is 10.4. The Kier molecular flexibility index (Phi) is 13.0. The highest BCUT2D eigenvalue weighted by Gasteiger charge is 2.13. The van der Waals surface area contributed by atoms with Crippen LogP contribution in [0.4, 0.5) is 0 Å². The molecule has 11 nitrogen and oxygen atoms in total. The second kappa shape index (κ2) is 15.7. The number of imidazole rings is 1. The van der Waals surface area contributed by atoms with Gasteiger partial charge in [-0.3, -0.25) is 14.4 Å². The molecule has 0 radical (unpaired) electrons. The van der Waals surface area contributed by atoms with E-state index in [1.54, 1.807) is 6.20 Å². The summed E-state index contributed by atoms with van der Waals surface area (Å²) in [7, 11) is 0. The van der Waals surface area contributed by atoms with Crippen molar-refractivity contribution in [2.24, 2.45) is 17.2 Å². The number of nitrogens with zero attached hydrogens (tertiary/aromatic N) is 1. The lowest BCUT2D eigenvalue weighted by Crippen LogP contribution is -2.32. The zero-order valence-corrected chi connectivity index (χ0v) is 19.0. The van der Waals surface area contributed by atoms with Crippen LogP contribution in [0.3, 0.4) is 0 Å². The summed E-state index contributed by atoms with van der Waals surface area (Å²) in [6, 6.07) is 16.2. The number of carbonyl (C=O) groups is 3. The van der Waals surface area contributed by atoms with Gasteiger partial charge in [-0.25, -0.2) is 4.98 Å². The molecular weight excluding hydrogens is 454 g/mol. The number of aliphatic carboxylic acids is 3. The van der Waals surface area contributed by atoms with Crippen LogP contribution in [0.2, 0.25) is 0 Å². The number of nitrogens with one attached hydrogen (secondary N) is 1. The molecule has 1 aromatic heterocycles. The van der Waals surface area contributed by atoms with E-state index in [0.29, 0.717) is 12.8 Å². The Labute approximate surface area is 202 Å². The molecule has 35 heavy (non-hydrogen) atoms. The number of aromatic amines is 1. The first-order chi connectivity index (χ1) is 16.6. The highest BCUT2D eigenvalue weighted by atomic mass is 16.4. The summed E-state index contributed by atoms with van der Waals surface area (Å²) >= 11 is 0. The zero-order chi connectivity index (χ0) is 26.2. The van der Waals surface area contributed by atoms with E-state index in [1.807, 2.05) is 60.7 Å². The summed E-state index contributed by atoms with van der Waals surface area (Å²) in [4.78, 5) is 37.5. The van der Waals surface area contributed by atoms with Crippen molar-refractivity contribution < 1.29 is 29.7 Å². The highest BCUT2D eigenvalue weighted by molar-refractivity contribution is 5.74. The van der Waals surface area contributed by atoms with E-state index in [0.717, 1.165) is 16.8 Å². The third-order valence-electron chi connectivity index (χ3n) is 4.54. The number of carboxylic acids is 3. The number of benzene rings is 2. The largest absolute Gasteiger partial charge is 0.480 e. The first kappa shape index (κ1) is 29.0. The maximum Gasteiger partial charge on any atom is 0.320 e. The summed E-state index contributed by atoms with van der Waals surface area (Å²) in [6.07, 6.45) is 4.11. The van der Waals surface area contributed by atoms with E-state index >= 15 is 0 Å². The minimum absolute atomic E-state index is 0.287. The lowest BCUT2D eigenvalue weighted by Gasteiger charge is -2.04. The van der Waals surface area contributed by atoms with E-state index < -0.39 is 36.0 Å². The third-order valence-corrected chi connectivity index (χ3v) is 4.54. The fourth-order valence-electron chi connectivity index (χ4n) is 2.63. The molecule has 0 unspecified atom stereocenters. The summed E-state index contributed by atoms with van der Waals surface area (Å²) < 4.78 is 0. The molecule has 10 N–H and O–H groups in total. The van der Waals surface area contributed by atoms with Crippen molar-refractivity contribution in [3.8, 4) is 0 Å². The van der Waals surface area contributed by atoms with Gasteiger partial charge in [0.25, 0.3) is 0 Å². The van der Waals surface area contributed by atoms with Gasteiger partial charge in [-0.05, 0) is 24.0 Å². The minimum atomic E-state index is -1.00. The molecule has 0 spiro atoms. The number of H-pyrrole nitrogens is 1. The molecule has 1 heterocycles. The van der Waals surface area contributed by atoms with Crippen molar-refractivity contribution in [2.45, 2.75) is 37.4 Å². The molecule has 3 atom stereocenters. The van der Waals surface area contributed by atoms with Crippen molar-refractivity contribution in [1.29, 1.82) is 0 Å². The lowest BCUT2D eigenvalue weighted by atomic mass is 10.1. The Morgan fingerprint density at radius 2 is 1.06 bits per heavy atom. The number of hydrogen-bond donors (Lipinski definition) is 7. The van der Waals surface area contributed by atoms with Crippen LogP contribution in [0.25, 0.3) is 0 Å². The van der Waals surface area contributed by atoms with E-state index in [2.05, 4.69) is 9.97 Å². The van der Waals surface area contributed by atoms with E-state index in [4.69, 9.17) is 32.5 Å². The molecule has 3 aromatic rings. The van der Waals surface area contributed by atoms with Crippen molar-refractivity contribution in [2.75, 3.05) is 0 Å². The number of hydrogen-bond acceptors (Lipinski definition) is 7. The molecule has 188 valence electrons. The number of rotatable bonds is 9. The first-order valence-corrected chi connectivity index (χ1v) is 10.6. The van der Waals surface area contributed by atoms with Gasteiger partial charge in [-0.2, -0.15) is 0 Å². The van der Waals surface area contributed by atoms with Crippen LogP contribution in [0.1, 0.15) is 16.8 Å². The molecule has 0 bridgehead atoms. The summed E-state index contributed by atoms with van der Waals surface area (Å²) in [5.74, 6) is -2.92. The van der Waals surface area contributed by atoms with Gasteiger partial charge in [0.15, 0.2) is 0 Å². The van der Waals surface area contributed by atoms with Gasteiger partial charge in [-0.15, -0.1) is 0 Å². The second-order valence-electron chi connectivity index (χ2n) is 7.49. The minimum Gasteiger partial charge on any atom is -0.480 e. The quantitative estimate of drug-likeness (QED) is 0.224. The van der Waals surface area contributed by atoms with Crippen LogP contribution in [-0.4, -0.2) is 61.3 Å². The molecule has 0 saturated carbocycles. The van der Waals surface area contributed by atoms with Crippen LogP contribution in [0, 0.1) is 0 Å². The van der Waals surface area contributed by atoms with Crippen LogP contribution in [0.5, 0.6) is 0 Å². The monoisotopic (exact) mass is 485 g/mol. The van der Waals surface area contributed by atoms with Crippen molar-refractivity contribution in [3.63, 3.8) is 0 Å². The fraction of sp³-hybridized carbons (Fsp3) is 0.250. The molecule has 0 aliphatic rings. The lowest BCUT2D eigenvalue weighted by molar-refractivity contribution is -0.139. The Balaban J connectivity index is 0.000000263. The van der Waals surface area contributed by atoms with Gasteiger partial charge in [0.1, 0.15) is 18.1 Å². The van der Waals surface area contributed by atoms with Gasteiger partial charge in [0.05, 0.1) is 6.33 Å². The molecule has 0 aliphatic carbocycles. The summed E-state index contributed by atoms with van der Waals surface area (Å²) in [5, 5.41) is 25.5. The van der Waals surface area contributed by atoms with Crippen LogP contribution >= 0.6 is 0 Å². The fourth-order valence-corrected chi connectivity index (χ4v) is 2.63. The van der Waals surface area contributed by atoms with E-state index in [1.165, 1.54) is 6.33 Å². The zero-order valence-electron chi connectivity index (χ0n) is 19.0. The first-order valence-electron chi connectivity index (χ1n) is 10.6. The predicted octanol–water partition coefficient (Wildman–Crippen LogP) is 0.646. The molecule has 11 heteroatoms. The van der Waals surface area contributed by atoms with Gasteiger partial charge in [0.2, 0.25) is 0 Å². The topological polar surface area (TPSA) is 219 Å². The SMILES string of the molecule is N[C@@H](Cc1ccccc1)C(=O)O.N[C@@H](Cc1ccccc1)C(=O)O.N[C@@H](Cc1cnc[nH]1)C(=O)O. The molecular formula is C24H31N5O6. The second-order valence-corrected chi connectivity index (χ2v) is 7.49. The van der Waals surface area contributed by atoms with E-state index in [-0.39, 0.29) is 6.42 Å². The number of carboxylic acid groups (broad SMARTS) is 3. The normalized spacial score (nSPS) is 12.5. The average molecular weight is 486 g/mol. The molecule has 3 rings (SSSR count). The van der Waals surface area contributed by atoms with Crippen molar-refractivity contribution >= 4 is 17.9 Å². The standard InChI is InChI=1S/2C9H11NO2.C6H9N3O2/c2*10-8(9(11)12)6-7-4-2-1-3-5-7;7-5(6(10)11)1-4-2-8-3-9-4/h2*1-5,8H,6,10H2,(H,11,12);2-3,5H,1,7H2,(H,8,9)(H,10,11)/t2*8-;5-/m000/s1. The number of nitrogens with two attached hydrogens (primary N) is 3. The Hall–Kier alpha value is -4.06. The van der Waals surface area contributed by atoms with Crippen LogP contribution in [-0.2, 0) is 33.6 Å². The average Bonchev–Trinajstić information content (AvgIpc) is 3.34. The Bertz CT molecular complexity index is 958. The smallest absolute Gasteiger partial charge is 0.320 e. The molecule has 0 amide bonds. The molecule has 0 saturated heterocycles. The van der Waals surface area contributed by atoms with Crippen LogP contribution < -0.4 is 17.2 Å². The van der Waals surface area contributed by atoms with Gasteiger partial charge in [0, 0.05) is 18.3 Å². The molecule has 0 aliphatic heterocycles. The highest BCUT2D eigenvalue weighted by Crippen LogP contribution is 2.02. The summed E-state index contributed by atoms with van der Waals surface area (Å²) in [6.45, 7) is 0. The van der Waals surface area contributed by atoms with Gasteiger partial charge >= 0.3 is 17.9 Å². The van der Waals surface area contributed by atoms with Crippen molar-refractivity contribution in [1.82, 2.24) is 9.97 Å².